The van der Waals surface area contributed by atoms with Crippen molar-refractivity contribution < 1.29 is 9.90 Å². The number of hydrogen-bond donors (Lipinski definition) is 1. The summed E-state index contributed by atoms with van der Waals surface area (Å²) in [6, 6.07) is 4.94. The molecule has 1 aromatic rings. The standard InChI is InChI=1S/C15H19BrClNO2/c16-8-9-18(12-4-2-1-3-5-12)15(20)13-7-6-11(17)10-14(13)19/h6-7,10,12,19H,1-5,8-9H2. The molecule has 0 saturated heterocycles. The quantitative estimate of drug-likeness (QED) is 0.817. The van der Waals surface area contributed by atoms with Crippen LogP contribution < -0.4 is 0 Å². The fourth-order valence-corrected chi connectivity index (χ4v) is 3.32. The van der Waals surface area contributed by atoms with Crippen molar-refractivity contribution >= 4 is 33.4 Å². The average Bonchev–Trinajstić information content (AvgIpc) is 2.45. The van der Waals surface area contributed by atoms with Gasteiger partial charge in [-0.05, 0) is 31.0 Å². The summed E-state index contributed by atoms with van der Waals surface area (Å²) in [5.41, 5.74) is 0.334. The van der Waals surface area contributed by atoms with E-state index in [9.17, 15) is 9.90 Å². The van der Waals surface area contributed by atoms with Crippen LogP contribution in [0.5, 0.6) is 5.75 Å². The molecule has 0 aromatic heterocycles. The van der Waals surface area contributed by atoms with Crippen molar-refractivity contribution in [1.82, 2.24) is 4.90 Å². The molecule has 0 radical (unpaired) electrons. The summed E-state index contributed by atoms with van der Waals surface area (Å²) in [6.07, 6.45) is 5.69. The first-order valence-corrected chi connectivity index (χ1v) is 8.49. The minimum absolute atomic E-state index is 0.0436. The molecule has 0 spiro atoms. The van der Waals surface area contributed by atoms with Crippen molar-refractivity contribution in [1.29, 1.82) is 0 Å². The molecule has 0 bridgehead atoms. The molecular formula is C15H19BrClNO2. The normalized spacial score (nSPS) is 16.1. The van der Waals surface area contributed by atoms with E-state index in [0.29, 0.717) is 17.1 Å². The largest absolute Gasteiger partial charge is 0.507 e. The van der Waals surface area contributed by atoms with Crippen LogP contribution in [-0.2, 0) is 0 Å². The van der Waals surface area contributed by atoms with Crippen molar-refractivity contribution in [3.8, 4) is 5.75 Å². The Morgan fingerprint density at radius 3 is 2.65 bits per heavy atom. The van der Waals surface area contributed by atoms with Crippen molar-refractivity contribution in [2.75, 3.05) is 11.9 Å². The molecule has 5 heteroatoms. The molecule has 1 N–H and O–H groups in total. The summed E-state index contributed by atoms with van der Waals surface area (Å²) in [7, 11) is 0. The van der Waals surface area contributed by atoms with Crippen LogP contribution in [0.4, 0.5) is 0 Å². The summed E-state index contributed by atoms with van der Waals surface area (Å²) in [6.45, 7) is 0.658. The second kappa shape index (κ2) is 7.32. The zero-order valence-electron chi connectivity index (χ0n) is 11.3. The number of alkyl halides is 1. The molecular weight excluding hydrogens is 342 g/mol. The van der Waals surface area contributed by atoms with Gasteiger partial charge in [-0.15, -0.1) is 0 Å². The highest BCUT2D eigenvalue weighted by Gasteiger charge is 2.27. The summed E-state index contributed by atoms with van der Waals surface area (Å²) in [5, 5.41) is 11.1. The molecule has 110 valence electrons. The zero-order valence-corrected chi connectivity index (χ0v) is 13.7. The van der Waals surface area contributed by atoms with Crippen molar-refractivity contribution in [2.45, 2.75) is 38.1 Å². The minimum atomic E-state index is -0.106. The van der Waals surface area contributed by atoms with Crippen LogP contribution in [0.3, 0.4) is 0 Å². The number of phenols is 1. The second-order valence-electron chi connectivity index (χ2n) is 5.14. The summed E-state index contributed by atoms with van der Waals surface area (Å²) in [4.78, 5) is 14.6. The first-order chi connectivity index (χ1) is 9.63. The Labute approximate surface area is 133 Å². The third kappa shape index (κ3) is 3.67. The number of nitrogens with zero attached hydrogens (tertiary/aromatic N) is 1. The highest BCUT2D eigenvalue weighted by Crippen LogP contribution is 2.28. The SMILES string of the molecule is O=C(c1ccc(Cl)cc1O)N(CCBr)C1CCCCC1. The van der Waals surface area contributed by atoms with Gasteiger partial charge in [-0.2, -0.15) is 0 Å². The molecule has 20 heavy (non-hydrogen) atoms. The molecule has 1 fully saturated rings. The van der Waals surface area contributed by atoms with E-state index in [2.05, 4.69) is 15.9 Å². The molecule has 0 heterocycles. The van der Waals surface area contributed by atoms with E-state index >= 15 is 0 Å². The Bertz CT molecular complexity index is 475. The van der Waals surface area contributed by atoms with Gasteiger partial charge in [0, 0.05) is 22.9 Å². The number of carbonyl (C=O) groups excluding carboxylic acids is 1. The highest BCUT2D eigenvalue weighted by atomic mass is 79.9. The predicted molar refractivity (Wildman–Crippen MR) is 84.8 cm³/mol. The van der Waals surface area contributed by atoms with E-state index < -0.39 is 0 Å². The number of carbonyl (C=O) groups is 1. The third-order valence-electron chi connectivity index (χ3n) is 3.79. The van der Waals surface area contributed by atoms with Crippen molar-refractivity contribution in [3.05, 3.63) is 28.8 Å². The Hall–Kier alpha value is -0.740. The maximum absolute atomic E-state index is 12.7. The van der Waals surface area contributed by atoms with E-state index in [1.54, 1.807) is 12.1 Å². The van der Waals surface area contributed by atoms with E-state index in [-0.39, 0.29) is 17.7 Å². The van der Waals surface area contributed by atoms with Gasteiger partial charge < -0.3 is 10.0 Å². The van der Waals surface area contributed by atoms with Gasteiger partial charge in [0.05, 0.1) is 5.56 Å². The zero-order chi connectivity index (χ0) is 14.5. The number of rotatable bonds is 4. The number of amides is 1. The van der Waals surface area contributed by atoms with Gasteiger partial charge in [-0.25, -0.2) is 0 Å². The van der Waals surface area contributed by atoms with Crippen LogP contribution in [0.25, 0.3) is 0 Å². The monoisotopic (exact) mass is 359 g/mol. The second-order valence-corrected chi connectivity index (χ2v) is 6.37. The summed E-state index contributed by atoms with van der Waals surface area (Å²) in [5.74, 6) is -0.150. The lowest BCUT2D eigenvalue weighted by atomic mass is 9.93. The Balaban J connectivity index is 2.21. The van der Waals surface area contributed by atoms with Gasteiger partial charge in [-0.3, -0.25) is 4.79 Å². The van der Waals surface area contributed by atoms with Crippen LogP contribution in [0, 0.1) is 0 Å². The molecule has 1 amide bonds. The Kier molecular flexibility index (Phi) is 5.73. The van der Waals surface area contributed by atoms with Crippen molar-refractivity contribution in [2.24, 2.45) is 0 Å². The van der Waals surface area contributed by atoms with Crippen LogP contribution in [0.15, 0.2) is 18.2 Å². The maximum atomic E-state index is 12.7. The molecule has 3 nitrogen and oxygen atoms in total. The minimum Gasteiger partial charge on any atom is -0.507 e. The smallest absolute Gasteiger partial charge is 0.257 e. The van der Waals surface area contributed by atoms with Gasteiger partial charge in [0.2, 0.25) is 0 Å². The maximum Gasteiger partial charge on any atom is 0.257 e. The van der Waals surface area contributed by atoms with E-state index in [4.69, 9.17) is 11.6 Å². The number of hydrogen-bond acceptors (Lipinski definition) is 2. The molecule has 0 atom stereocenters. The molecule has 1 saturated carbocycles. The fraction of sp³-hybridized carbons (Fsp3) is 0.533. The molecule has 1 aliphatic rings. The van der Waals surface area contributed by atoms with E-state index in [1.807, 2.05) is 4.90 Å². The lowest BCUT2D eigenvalue weighted by molar-refractivity contribution is 0.0648. The number of aromatic hydroxyl groups is 1. The molecule has 2 rings (SSSR count). The van der Waals surface area contributed by atoms with Crippen LogP contribution >= 0.6 is 27.5 Å². The van der Waals surface area contributed by atoms with Crippen molar-refractivity contribution in [3.63, 3.8) is 0 Å². The van der Waals surface area contributed by atoms with Crippen LogP contribution in [0.2, 0.25) is 5.02 Å². The number of halogens is 2. The van der Waals surface area contributed by atoms with E-state index in [0.717, 1.165) is 18.2 Å². The van der Waals surface area contributed by atoms with E-state index in [1.165, 1.54) is 25.3 Å². The molecule has 0 unspecified atom stereocenters. The Morgan fingerprint density at radius 2 is 2.05 bits per heavy atom. The van der Waals surface area contributed by atoms with Crippen LogP contribution in [0.1, 0.15) is 42.5 Å². The Morgan fingerprint density at radius 1 is 1.35 bits per heavy atom. The lowest BCUT2D eigenvalue weighted by Crippen LogP contribution is -2.42. The van der Waals surface area contributed by atoms with Gasteiger partial charge in [0.1, 0.15) is 5.75 Å². The highest BCUT2D eigenvalue weighted by molar-refractivity contribution is 9.09. The van der Waals surface area contributed by atoms with Gasteiger partial charge in [0.25, 0.3) is 5.91 Å². The lowest BCUT2D eigenvalue weighted by Gasteiger charge is -2.34. The van der Waals surface area contributed by atoms with Gasteiger partial charge in [0.15, 0.2) is 0 Å². The molecule has 0 aliphatic heterocycles. The average molecular weight is 361 g/mol. The van der Waals surface area contributed by atoms with Crippen LogP contribution in [-0.4, -0.2) is 33.8 Å². The van der Waals surface area contributed by atoms with Gasteiger partial charge in [-0.1, -0.05) is 46.8 Å². The van der Waals surface area contributed by atoms with Gasteiger partial charge >= 0.3 is 0 Å². The summed E-state index contributed by atoms with van der Waals surface area (Å²) >= 11 is 9.23. The number of benzene rings is 1. The first kappa shape index (κ1) is 15.6. The predicted octanol–water partition coefficient (Wildman–Crippen LogP) is 4.22. The topological polar surface area (TPSA) is 40.5 Å². The first-order valence-electron chi connectivity index (χ1n) is 6.99. The third-order valence-corrected chi connectivity index (χ3v) is 4.38. The fourth-order valence-electron chi connectivity index (χ4n) is 2.77. The molecule has 1 aromatic carbocycles. The number of phenolic OH excluding ortho intramolecular Hbond substituents is 1. The molecule has 1 aliphatic carbocycles. The summed E-state index contributed by atoms with van der Waals surface area (Å²) < 4.78 is 0.